The Kier molecular flexibility index (Phi) is 4.12. The molecule has 0 spiro atoms. The van der Waals surface area contributed by atoms with Crippen molar-refractivity contribution in [2.45, 2.75) is 31.7 Å². The molecule has 1 amide bonds. The van der Waals surface area contributed by atoms with Crippen molar-refractivity contribution in [3.63, 3.8) is 0 Å². The highest BCUT2D eigenvalue weighted by atomic mass is 32.2. The van der Waals surface area contributed by atoms with Gasteiger partial charge in [0.2, 0.25) is 15.9 Å². The van der Waals surface area contributed by atoms with E-state index in [2.05, 4.69) is 5.32 Å². The standard InChI is InChI=1S/C16H22N2O3S/c1-22(20,21)18(14-5-3-2-4-6-14)11-16(19)17-15-10-12-7-8-13(15)9-12/h2-6,12-13,15H,7-11H2,1H3,(H,17,19)/t12-,13-,15+/m0/s1. The summed E-state index contributed by atoms with van der Waals surface area (Å²) in [5.74, 6) is 1.11. The first kappa shape index (κ1) is 15.3. The first-order chi connectivity index (χ1) is 10.4. The van der Waals surface area contributed by atoms with Gasteiger partial charge in [-0.05, 0) is 43.2 Å². The van der Waals surface area contributed by atoms with Crippen LogP contribution in [0.25, 0.3) is 0 Å². The van der Waals surface area contributed by atoms with E-state index in [1.165, 1.54) is 19.3 Å². The summed E-state index contributed by atoms with van der Waals surface area (Å²) in [5.41, 5.74) is 0.521. The summed E-state index contributed by atoms with van der Waals surface area (Å²) in [6.45, 7) is -0.156. The normalized spacial score (nSPS) is 26.9. The molecule has 2 aliphatic carbocycles. The van der Waals surface area contributed by atoms with Gasteiger partial charge in [-0.2, -0.15) is 0 Å². The minimum Gasteiger partial charge on any atom is -0.352 e. The topological polar surface area (TPSA) is 66.5 Å². The number of hydrogen-bond acceptors (Lipinski definition) is 3. The molecule has 3 rings (SSSR count). The summed E-state index contributed by atoms with van der Waals surface area (Å²) < 4.78 is 25.1. The fraction of sp³-hybridized carbons (Fsp3) is 0.562. The molecule has 1 aromatic rings. The van der Waals surface area contributed by atoms with E-state index < -0.39 is 10.0 Å². The Morgan fingerprint density at radius 1 is 1.23 bits per heavy atom. The molecule has 0 aromatic heterocycles. The fourth-order valence-corrected chi connectivity index (χ4v) is 4.66. The molecule has 22 heavy (non-hydrogen) atoms. The summed E-state index contributed by atoms with van der Waals surface area (Å²) >= 11 is 0. The number of nitrogens with one attached hydrogen (secondary N) is 1. The molecule has 1 N–H and O–H groups in total. The lowest BCUT2D eigenvalue weighted by Gasteiger charge is -2.26. The Morgan fingerprint density at radius 2 is 1.95 bits per heavy atom. The quantitative estimate of drug-likeness (QED) is 0.898. The number of para-hydroxylation sites is 1. The summed E-state index contributed by atoms with van der Waals surface area (Å²) in [7, 11) is -3.48. The van der Waals surface area contributed by atoms with Gasteiger partial charge in [0, 0.05) is 6.04 Å². The number of hydrogen-bond donors (Lipinski definition) is 1. The van der Waals surface area contributed by atoms with Crippen LogP contribution in [-0.4, -0.2) is 33.2 Å². The maximum absolute atomic E-state index is 12.3. The molecule has 2 saturated carbocycles. The van der Waals surface area contributed by atoms with Gasteiger partial charge in [0.15, 0.2) is 0 Å². The largest absolute Gasteiger partial charge is 0.352 e. The number of carbonyl (C=O) groups excluding carboxylic acids is 1. The van der Waals surface area contributed by atoms with Crippen LogP contribution in [-0.2, 0) is 14.8 Å². The van der Waals surface area contributed by atoms with Crippen LogP contribution >= 0.6 is 0 Å². The molecule has 2 aliphatic rings. The number of rotatable bonds is 5. The first-order valence-corrected chi connectivity index (χ1v) is 9.60. The van der Waals surface area contributed by atoms with E-state index in [1.807, 2.05) is 6.07 Å². The van der Waals surface area contributed by atoms with Crippen LogP contribution in [0.2, 0.25) is 0 Å². The van der Waals surface area contributed by atoms with Crippen molar-refractivity contribution in [2.24, 2.45) is 11.8 Å². The Bertz CT molecular complexity index is 645. The maximum atomic E-state index is 12.3. The molecule has 1 aromatic carbocycles. The number of anilines is 1. The van der Waals surface area contributed by atoms with Crippen LogP contribution in [0.5, 0.6) is 0 Å². The van der Waals surface area contributed by atoms with Crippen molar-refractivity contribution in [1.82, 2.24) is 5.32 Å². The minimum atomic E-state index is -3.48. The number of sulfonamides is 1. The molecule has 2 fully saturated rings. The number of carbonyl (C=O) groups is 1. The van der Waals surface area contributed by atoms with E-state index in [4.69, 9.17) is 0 Å². The van der Waals surface area contributed by atoms with Gasteiger partial charge in [-0.3, -0.25) is 9.10 Å². The molecule has 0 unspecified atom stereocenters. The van der Waals surface area contributed by atoms with E-state index in [-0.39, 0.29) is 18.5 Å². The van der Waals surface area contributed by atoms with E-state index in [0.29, 0.717) is 11.6 Å². The van der Waals surface area contributed by atoms with E-state index in [1.54, 1.807) is 24.3 Å². The predicted molar refractivity (Wildman–Crippen MR) is 86.0 cm³/mol. The van der Waals surface area contributed by atoms with Gasteiger partial charge in [-0.15, -0.1) is 0 Å². The van der Waals surface area contributed by atoms with Crippen LogP contribution < -0.4 is 9.62 Å². The van der Waals surface area contributed by atoms with Crippen molar-refractivity contribution in [1.29, 1.82) is 0 Å². The summed E-state index contributed by atoms with van der Waals surface area (Å²) in [6.07, 6.45) is 5.84. The third kappa shape index (κ3) is 3.27. The van der Waals surface area contributed by atoms with Crippen molar-refractivity contribution in [3.8, 4) is 0 Å². The average molecular weight is 322 g/mol. The van der Waals surface area contributed by atoms with Gasteiger partial charge in [0.05, 0.1) is 11.9 Å². The number of benzene rings is 1. The predicted octanol–water partition coefficient (Wildman–Crippen LogP) is 1.76. The molecular weight excluding hydrogens is 300 g/mol. The number of fused-ring (bicyclic) bond motifs is 2. The molecule has 0 aliphatic heterocycles. The lowest BCUT2D eigenvalue weighted by atomic mass is 9.95. The molecule has 0 radical (unpaired) electrons. The molecule has 2 bridgehead atoms. The van der Waals surface area contributed by atoms with Crippen LogP contribution in [0.15, 0.2) is 30.3 Å². The molecule has 6 heteroatoms. The molecular formula is C16H22N2O3S. The van der Waals surface area contributed by atoms with Crippen LogP contribution in [0.3, 0.4) is 0 Å². The highest BCUT2D eigenvalue weighted by molar-refractivity contribution is 7.92. The van der Waals surface area contributed by atoms with E-state index in [9.17, 15) is 13.2 Å². The molecule has 0 saturated heterocycles. The van der Waals surface area contributed by atoms with Gasteiger partial charge in [-0.25, -0.2) is 8.42 Å². The molecule has 3 atom stereocenters. The third-order valence-corrected chi connectivity index (χ3v) is 5.96. The summed E-state index contributed by atoms with van der Waals surface area (Å²) in [5, 5.41) is 3.04. The van der Waals surface area contributed by atoms with Gasteiger partial charge in [-0.1, -0.05) is 24.6 Å². The molecule has 120 valence electrons. The smallest absolute Gasteiger partial charge is 0.241 e. The second-order valence-corrected chi connectivity index (χ2v) is 8.36. The lowest BCUT2D eigenvalue weighted by Crippen LogP contribution is -2.45. The number of nitrogens with zero attached hydrogens (tertiary/aromatic N) is 1. The first-order valence-electron chi connectivity index (χ1n) is 7.75. The van der Waals surface area contributed by atoms with Gasteiger partial charge < -0.3 is 5.32 Å². The van der Waals surface area contributed by atoms with Crippen molar-refractivity contribution >= 4 is 21.6 Å². The van der Waals surface area contributed by atoms with E-state index >= 15 is 0 Å². The van der Waals surface area contributed by atoms with Crippen molar-refractivity contribution in [2.75, 3.05) is 17.1 Å². The third-order valence-electron chi connectivity index (χ3n) is 4.82. The second kappa shape index (κ2) is 5.91. The summed E-state index contributed by atoms with van der Waals surface area (Å²) in [4.78, 5) is 12.3. The Hall–Kier alpha value is -1.56. The Balaban J connectivity index is 1.67. The molecule has 0 heterocycles. The Labute approximate surface area is 131 Å². The van der Waals surface area contributed by atoms with E-state index in [0.717, 1.165) is 22.9 Å². The zero-order valence-electron chi connectivity index (χ0n) is 12.7. The maximum Gasteiger partial charge on any atom is 0.241 e. The fourth-order valence-electron chi connectivity index (χ4n) is 3.80. The van der Waals surface area contributed by atoms with Gasteiger partial charge in [0.25, 0.3) is 0 Å². The molecule has 5 nitrogen and oxygen atoms in total. The highest BCUT2D eigenvalue weighted by Gasteiger charge is 2.40. The summed E-state index contributed by atoms with van der Waals surface area (Å²) in [6, 6.07) is 8.98. The average Bonchev–Trinajstić information content (AvgIpc) is 3.07. The second-order valence-electron chi connectivity index (χ2n) is 6.45. The monoisotopic (exact) mass is 322 g/mol. The zero-order chi connectivity index (χ0) is 15.7. The van der Waals surface area contributed by atoms with Crippen molar-refractivity contribution < 1.29 is 13.2 Å². The van der Waals surface area contributed by atoms with Crippen LogP contribution in [0, 0.1) is 11.8 Å². The van der Waals surface area contributed by atoms with Gasteiger partial charge >= 0.3 is 0 Å². The number of amides is 1. The Morgan fingerprint density at radius 3 is 2.50 bits per heavy atom. The highest BCUT2D eigenvalue weighted by Crippen LogP contribution is 2.44. The minimum absolute atomic E-state index is 0.156. The van der Waals surface area contributed by atoms with Crippen LogP contribution in [0.4, 0.5) is 5.69 Å². The SMILES string of the molecule is CS(=O)(=O)N(CC(=O)N[C@@H]1C[C@H]2CC[C@H]1C2)c1ccccc1. The van der Waals surface area contributed by atoms with Crippen LogP contribution in [0.1, 0.15) is 25.7 Å². The van der Waals surface area contributed by atoms with Crippen molar-refractivity contribution in [3.05, 3.63) is 30.3 Å². The zero-order valence-corrected chi connectivity index (χ0v) is 13.6. The van der Waals surface area contributed by atoms with Gasteiger partial charge in [0.1, 0.15) is 6.54 Å². The lowest BCUT2D eigenvalue weighted by molar-refractivity contribution is -0.120.